The molecule has 0 aromatic carbocycles. The second-order valence-electron chi connectivity index (χ2n) is 4.90. The van der Waals surface area contributed by atoms with E-state index in [9.17, 15) is 10.1 Å². The van der Waals surface area contributed by atoms with Crippen LogP contribution in [0.3, 0.4) is 0 Å². The summed E-state index contributed by atoms with van der Waals surface area (Å²) in [6.45, 7) is 1.92. The SMILES string of the molecule is COc1ccc([N+](=O)[O-])c(N(C)C2CCCNCC2)n1. The van der Waals surface area contributed by atoms with Crippen molar-refractivity contribution in [2.24, 2.45) is 0 Å². The predicted octanol–water partition coefficient (Wildman–Crippen LogP) is 1.58. The van der Waals surface area contributed by atoms with Crippen LogP contribution in [-0.4, -0.2) is 43.2 Å². The summed E-state index contributed by atoms with van der Waals surface area (Å²) < 4.78 is 5.08. The number of rotatable bonds is 4. The Kier molecular flexibility index (Phi) is 4.73. The lowest BCUT2D eigenvalue weighted by Gasteiger charge is -2.27. The smallest absolute Gasteiger partial charge is 0.311 e. The average molecular weight is 280 g/mol. The maximum absolute atomic E-state index is 11.2. The van der Waals surface area contributed by atoms with Gasteiger partial charge in [-0.15, -0.1) is 0 Å². The molecular weight excluding hydrogens is 260 g/mol. The quantitative estimate of drug-likeness (QED) is 0.666. The molecule has 0 aliphatic carbocycles. The molecule has 1 aliphatic rings. The number of nitrogens with one attached hydrogen (secondary N) is 1. The summed E-state index contributed by atoms with van der Waals surface area (Å²) in [6, 6.07) is 3.22. The van der Waals surface area contributed by atoms with E-state index in [-0.39, 0.29) is 11.7 Å². The van der Waals surface area contributed by atoms with Crippen molar-refractivity contribution >= 4 is 11.5 Å². The van der Waals surface area contributed by atoms with Crippen molar-refractivity contribution in [2.45, 2.75) is 25.3 Å². The van der Waals surface area contributed by atoms with Crippen LogP contribution < -0.4 is 15.0 Å². The normalized spacial score (nSPS) is 19.2. The Hall–Kier alpha value is -1.89. The molecule has 1 fully saturated rings. The first-order valence-electron chi connectivity index (χ1n) is 6.76. The zero-order valence-electron chi connectivity index (χ0n) is 11.8. The second-order valence-corrected chi connectivity index (χ2v) is 4.90. The predicted molar refractivity (Wildman–Crippen MR) is 76.4 cm³/mol. The van der Waals surface area contributed by atoms with Crippen LogP contribution in [0.1, 0.15) is 19.3 Å². The Morgan fingerprint density at radius 1 is 1.45 bits per heavy atom. The van der Waals surface area contributed by atoms with Crippen LogP contribution in [-0.2, 0) is 0 Å². The number of hydrogen-bond donors (Lipinski definition) is 1. The molecule has 0 radical (unpaired) electrons. The largest absolute Gasteiger partial charge is 0.481 e. The minimum absolute atomic E-state index is 0.0190. The van der Waals surface area contributed by atoms with Crippen LogP contribution in [0.15, 0.2) is 12.1 Å². The van der Waals surface area contributed by atoms with E-state index >= 15 is 0 Å². The van der Waals surface area contributed by atoms with Crippen molar-refractivity contribution in [3.8, 4) is 5.88 Å². The minimum atomic E-state index is -0.396. The Bertz CT molecular complexity index is 473. The lowest BCUT2D eigenvalue weighted by molar-refractivity contribution is -0.384. The molecular formula is C13H20N4O3. The molecule has 1 N–H and O–H groups in total. The molecule has 0 bridgehead atoms. The standard InChI is InChI=1S/C13H20N4O3/c1-16(10-4-3-8-14-9-7-10)13-11(17(18)19)5-6-12(15-13)20-2/h5-6,10,14H,3-4,7-9H2,1-2H3. The maximum Gasteiger partial charge on any atom is 0.311 e. The van der Waals surface area contributed by atoms with E-state index in [1.807, 2.05) is 11.9 Å². The van der Waals surface area contributed by atoms with E-state index in [0.29, 0.717) is 11.7 Å². The van der Waals surface area contributed by atoms with Gasteiger partial charge in [-0.25, -0.2) is 0 Å². The van der Waals surface area contributed by atoms with E-state index in [1.165, 1.54) is 19.2 Å². The third kappa shape index (κ3) is 3.16. The highest BCUT2D eigenvalue weighted by Crippen LogP contribution is 2.30. The van der Waals surface area contributed by atoms with Crippen molar-refractivity contribution in [1.82, 2.24) is 10.3 Å². The summed E-state index contributed by atoms with van der Waals surface area (Å²) in [5.41, 5.74) is 0.0190. The number of hydrogen-bond acceptors (Lipinski definition) is 6. The molecule has 110 valence electrons. The Morgan fingerprint density at radius 2 is 2.25 bits per heavy atom. The van der Waals surface area contributed by atoms with E-state index in [4.69, 9.17) is 4.74 Å². The summed E-state index contributed by atoms with van der Waals surface area (Å²) in [4.78, 5) is 16.9. The number of aromatic nitrogens is 1. The fourth-order valence-electron chi connectivity index (χ4n) is 2.50. The van der Waals surface area contributed by atoms with E-state index in [0.717, 1.165) is 32.4 Å². The van der Waals surface area contributed by atoms with Gasteiger partial charge in [0.15, 0.2) is 0 Å². The third-order valence-corrected chi connectivity index (χ3v) is 3.66. The maximum atomic E-state index is 11.2. The van der Waals surface area contributed by atoms with E-state index in [1.54, 1.807) is 0 Å². The van der Waals surface area contributed by atoms with Gasteiger partial charge < -0.3 is 15.0 Å². The highest BCUT2D eigenvalue weighted by molar-refractivity contribution is 5.59. The Morgan fingerprint density at radius 3 is 2.95 bits per heavy atom. The summed E-state index contributed by atoms with van der Waals surface area (Å²) >= 11 is 0. The molecule has 0 amide bonds. The summed E-state index contributed by atoms with van der Waals surface area (Å²) in [5, 5.41) is 14.5. The molecule has 1 saturated heterocycles. The van der Waals surface area contributed by atoms with Gasteiger partial charge in [0.1, 0.15) is 0 Å². The minimum Gasteiger partial charge on any atom is -0.481 e. The van der Waals surface area contributed by atoms with Gasteiger partial charge in [0.05, 0.1) is 12.0 Å². The van der Waals surface area contributed by atoms with Gasteiger partial charge in [0, 0.05) is 25.2 Å². The topological polar surface area (TPSA) is 80.5 Å². The van der Waals surface area contributed by atoms with E-state index < -0.39 is 4.92 Å². The van der Waals surface area contributed by atoms with Gasteiger partial charge in [-0.1, -0.05) is 0 Å². The number of ether oxygens (including phenoxy) is 1. The first-order chi connectivity index (χ1) is 9.63. The van der Waals surface area contributed by atoms with Crippen molar-refractivity contribution in [3.63, 3.8) is 0 Å². The average Bonchev–Trinajstić information content (AvgIpc) is 2.74. The van der Waals surface area contributed by atoms with Crippen molar-refractivity contribution in [2.75, 3.05) is 32.1 Å². The summed E-state index contributed by atoms with van der Waals surface area (Å²) in [6.07, 6.45) is 3.01. The van der Waals surface area contributed by atoms with Crippen LogP contribution in [0.4, 0.5) is 11.5 Å². The van der Waals surface area contributed by atoms with Gasteiger partial charge in [0.25, 0.3) is 0 Å². The molecule has 2 rings (SSSR count). The number of pyridine rings is 1. The summed E-state index contributed by atoms with van der Waals surface area (Å²) in [5.74, 6) is 0.769. The van der Waals surface area contributed by atoms with E-state index in [2.05, 4.69) is 10.3 Å². The first-order valence-corrected chi connectivity index (χ1v) is 6.76. The van der Waals surface area contributed by atoms with Gasteiger partial charge in [-0.05, 0) is 32.4 Å². The lowest BCUT2D eigenvalue weighted by Crippen LogP contribution is -2.33. The molecule has 1 aliphatic heterocycles. The zero-order chi connectivity index (χ0) is 14.5. The molecule has 0 saturated carbocycles. The molecule has 7 heteroatoms. The second kappa shape index (κ2) is 6.51. The third-order valence-electron chi connectivity index (χ3n) is 3.66. The summed E-state index contributed by atoms with van der Waals surface area (Å²) in [7, 11) is 3.37. The highest BCUT2D eigenvalue weighted by atomic mass is 16.6. The van der Waals surface area contributed by atoms with Crippen LogP contribution >= 0.6 is 0 Å². The Balaban J connectivity index is 2.30. The Labute approximate surface area is 118 Å². The number of anilines is 1. The number of nitro groups is 1. The lowest BCUT2D eigenvalue weighted by atomic mass is 10.1. The fraction of sp³-hybridized carbons (Fsp3) is 0.615. The van der Waals surface area contributed by atoms with Gasteiger partial charge in [0.2, 0.25) is 11.7 Å². The van der Waals surface area contributed by atoms with Crippen LogP contribution in [0.2, 0.25) is 0 Å². The zero-order valence-corrected chi connectivity index (χ0v) is 11.8. The van der Waals surface area contributed by atoms with Crippen molar-refractivity contribution < 1.29 is 9.66 Å². The van der Waals surface area contributed by atoms with Gasteiger partial charge >= 0.3 is 5.69 Å². The molecule has 7 nitrogen and oxygen atoms in total. The molecule has 1 aromatic rings. The van der Waals surface area contributed by atoms with Crippen LogP contribution in [0, 0.1) is 10.1 Å². The van der Waals surface area contributed by atoms with Crippen LogP contribution in [0.25, 0.3) is 0 Å². The van der Waals surface area contributed by atoms with Gasteiger partial charge in [-0.3, -0.25) is 10.1 Å². The van der Waals surface area contributed by atoms with Crippen molar-refractivity contribution in [1.29, 1.82) is 0 Å². The molecule has 1 unspecified atom stereocenters. The highest BCUT2D eigenvalue weighted by Gasteiger charge is 2.25. The molecule has 1 atom stereocenters. The molecule has 0 spiro atoms. The van der Waals surface area contributed by atoms with Crippen LogP contribution in [0.5, 0.6) is 5.88 Å². The number of nitrogens with zero attached hydrogens (tertiary/aromatic N) is 3. The molecule has 20 heavy (non-hydrogen) atoms. The van der Waals surface area contributed by atoms with Crippen molar-refractivity contribution in [3.05, 3.63) is 22.2 Å². The fourth-order valence-corrected chi connectivity index (χ4v) is 2.50. The monoisotopic (exact) mass is 280 g/mol. The molecule has 1 aromatic heterocycles. The molecule has 2 heterocycles. The van der Waals surface area contributed by atoms with Gasteiger partial charge in [-0.2, -0.15) is 4.98 Å². The first kappa shape index (κ1) is 14.5. The number of methoxy groups -OCH3 is 1.